The van der Waals surface area contributed by atoms with E-state index in [1.54, 1.807) is 12.1 Å². The quantitative estimate of drug-likeness (QED) is 0.871. The molecule has 0 bridgehead atoms. The van der Waals surface area contributed by atoms with Gasteiger partial charge in [0.05, 0.1) is 13.0 Å². The number of hydrogen-bond acceptors (Lipinski definition) is 7. The molecule has 2 aromatic rings. The van der Waals surface area contributed by atoms with Crippen LogP contribution in [0.1, 0.15) is 21.8 Å². The van der Waals surface area contributed by atoms with Crippen LogP contribution in [0.5, 0.6) is 34.5 Å². The van der Waals surface area contributed by atoms with Crippen LogP contribution in [0.3, 0.4) is 0 Å². The normalized spacial score (nSPS) is 18.0. The summed E-state index contributed by atoms with van der Waals surface area (Å²) in [6.45, 7) is 0.151. The van der Waals surface area contributed by atoms with Crippen molar-refractivity contribution in [1.82, 2.24) is 0 Å². The highest BCUT2D eigenvalue weighted by molar-refractivity contribution is 6.07. The van der Waals surface area contributed by atoms with Crippen LogP contribution in [0.25, 0.3) is 0 Å². The van der Waals surface area contributed by atoms with E-state index in [0.29, 0.717) is 22.8 Å². The molecule has 124 valence electrons. The Bertz CT molecular complexity index is 843. The van der Waals surface area contributed by atoms with Gasteiger partial charge in [-0.2, -0.15) is 0 Å². The van der Waals surface area contributed by atoms with Crippen LogP contribution in [-0.4, -0.2) is 36.5 Å². The minimum Gasteiger partial charge on any atom is -0.508 e. The number of Topliss-reactive ketones (excluding diaryl/α,β-unsaturated/α-hetero) is 1. The Labute approximate surface area is 137 Å². The molecule has 0 saturated carbocycles. The van der Waals surface area contributed by atoms with E-state index < -0.39 is 5.92 Å². The van der Waals surface area contributed by atoms with Gasteiger partial charge in [-0.25, -0.2) is 0 Å². The van der Waals surface area contributed by atoms with Gasteiger partial charge in [0, 0.05) is 17.7 Å². The van der Waals surface area contributed by atoms with Crippen molar-refractivity contribution < 1.29 is 34.0 Å². The first-order valence-corrected chi connectivity index (χ1v) is 7.29. The van der Waals surface area contributed by atoms with Crippen LogP contribution < -0.4 is 18.9 Å². The molecule has 2 N–H and O–H groups in total. The molecule has 7 heteroatoms. The summed E-state index contributed by atoms with van der Waals surface area (Å²) in [7, 11) is 1.48. The maximum atomic E-state index is 12.9. The zero-order chi connectivity index (χ0) is 16.8. The van der Waals surface area contributed by atoms with Gasteiger partial charge in [-0.1, -0.05) is 6.07 Å². The molecule has 0 aromatic heterocycles. The lowest BCUT2D eigenvalue weighted by atomic mass is 9.87. The van der Waals surface area contributed by atoms with Crippen molar-refractivity contribution in [2.45, 2.75) is 5.92 Å². The number of ether oxygens (including phenoxy) is 4. The van der Waals surface area contributed by atoms with E-state index in [-0.39, 0.29) is 42.0 Å². The predicted octanol–water partition coefficient (Wildman–Crippen LogP) is 2.19. The van der Waals surface area contributed by atoms with E-state index >= 15 is 0 Å². The molecule has 24 heavy (non-hydrogen) atoms. The molecular formula is C17H14O7. The number of aromatic hydroxyl groups is 2. The second-order valence-corrected chi connectivity index (χ2v) is 5.49. The number of phenols is 2. The topological polar surface area (TPSA) is 94.5 Å². The Morgan fingerprint density at radius 3 is 2.75 bits per heavy atom. The fraction of sp³-hybridized carbons (Fsp3) is 0.235. The van der Waals surface area contributed by atoms with E-state index in [1.165, 1.54) is 13.2 Å². The van der Waals surface area contributed by atoms with E-state index in [4.69, 9.17) is 18.9 Å². The van der Waals surface area contributed by atoms with Gasteiger partial charge in [0.1, 0.15) is 29.4 Å². The summed E-state index contributed by atoms with van der Waals surface area (Å²) in [5.41, 5.74) is 0.633. The average molecular weight is 330 g/mol. The van der Waals surface area contributed by atoms with Crippen molar-refractivity contribution in [1.29, 1.82) is 0 Å². The zero-order valence-electron chi connectivity index (χ0n) is 12.7. The minimum absolute atomic E-state index is 0.0452. The molecule has 0 radical (unpaired) electrons. The highest BCUT2D eigenvalue weighted by Crippen LogP contribution is 2.48. The summed E-state index contributed by atoms with van der Waals surface area (Å²) in [5.74, 6) is 0.0967. The lowest BCUT2D eigenvalue weighted by molar-refractivity contribution is 0.0890. The number of benzene rings is 2. The van der Waals surface area contributed by atoms with E-state index in [2.05, 4.69) is 0 Å². The largest absolute Gasteiger partial charge is 0.508 e. The number of rotatable bonds is 2. The average Bonchev–Trinajstić information content (AvgIpc) is 3.02. The second kappa shape index (κ2) is 5.23. The molecule has 2 heterocycles. The molecule has 4 rings (SSSR count). The summed E-state index contributed by atoms with van der Waals surface area (Å²) < 4.78 is 21.7. The number of fused-ring (bicyclic) bond motifs is 2. The van der Waals surface area contributed by atoms with Gasteiger partial charge in [0.2, 0.25) is 12.5 Å². The Hall–Kier alpha value is -3.09. The molecule has 7 nitrogen and oxygen atoms in total. The van der Waals surface area contributed by atoms with Gasteiger partial charge in [-0.15, -0.1) is 0 Å². The van der Waals surface area contributed by atoms with Crippen LogP contribution in [-0.2, 0) is 0 Å². The van der Waals surface area contributed by atoms with Crippen molar-refractivity contribution in [3.05, 3.63) is 35.4 Å². The number of methoxy groups -OCH3 is 1. The molecule has 0 fully saturated rings. The van der Waals surface area contributed by atoms with Gasteiger partial charge >= 0.3 is 0 Å². The van der Waals surface area contributed by atoms with Gasteiger partial charge in [0.15, 0.2) is 17.3 Å². The summed E-state index contributed by atoms with van der Waals surface area (Å²) in [5, 5.41) is 19.5. The van der Waals surface area contributed by atoms with Crippen LogP contribution in [0, 0.1) is 0 Å². The van der Waals surface area contributed by atoms with Crippen molar-refractivity contribution >= 4 is 5.78 Å². The van der Waals surface area contributed by atoms with Gasteiger partial charge in [-0.05, 0) is 6.07 Å². The number of ketones is 1. The molecule has 2 aromatic carbocycles. The first-order valence-electron chi connectivity index (χ1n) is 7.29. The Kier molecular flexibility index (Phi) is 3.16. The summed E-state index contributed by atoms with van der Waals surface area (Å²) >= 11 is 0. The molecule has 2 aliphatic rings. The molecule has 2 aliphatic heterocycles. The van der Waals surface area contributed by atoms with E-state index in [0.717, 1.165) is 6.07 Å². The maximum absolute atomic E-state index is 12.9. The predicted molar refractivity (Wildman–Crippen MR) is 81.5 cm³/mol. The van der Waals surface area contributed by atoms with Crippen molar-refractivity contribution in [3.8, 4) is 34.5 Å². The Morgan fingerprint density at radius 2 is 1.96 bits per heavy atom. The lowest BCUT2D eigenvalue weighted by Crippen LogP contribution is -2.26. The fourth-order valence-corrected chi connectivity index (χ4v) is 3.05. The number of hydrogen-bond donors (Lipinski definition) is 2. The number of phenolic OH excluding ortho intramolecular Hbond substituents is 2. The number of carbonyl (C=O) groups excluding carboxylic acids is 1. The smallest absolute Gasteiger partial charge is 0.231 e. The van der Waals surface area contributed by atoms with Crippen molar-refractivity contribution in [2.24, 2.45) is 0 Å². The van der Waals surface area contributed by atoms with Crippen LogP contribution >= 0.6 is 0 Å². The molecular weight excluding hydrogens is 316 g/mol. The third-order valence-electron chi connectivity index (χ3n) is 4.14. The fourth-order valence-electron chi connectivity index (χ4n) is 3.05. The third-order valence-corrected chi connectivity index (χ3v) is 4.14. The summed E-state index contributed by atoms with van der Waals surface area (Å²) in [4.78, 5) is 12.9. The second-order valence-electron chi connectivity index (χ2n) is 5.49. The Morgan fingerprint density at radius 1 is 1.12 bits per heavy atom. The minimum atomic E-state index is -0.669. The van der Waals surface area contributed by atoms with E-state index in [9.17, 15) is 15.0 Å². The SMILES string of the molecule is COc1c(C2COc3cc(O)cc(O)c3C2=O)ccc2c1OCO2. The zero-order valence-corrected chi connectivity index (χ0v) is 12.7. The van der Waals surface area contributed by atoms with Gasteiger partial charge in [-0.3, -0.25) is 4.79 Å². The highest BCUT2D eigenvalue weighted by atomic mass is 16.7. The molecule has 0 spiro atoms. The summed E-state index contributed by atoms with van der Waals surface area (Å²) in [6, 6.07) is 5.85. The van der Waals surface area contributed by atoms with Crippen molar-refractivity contribution in [3.63, 3.8) is 0 Å². The molecule has 1 atom stereocenters. The molecule has 0 saturated heterocycles. The lowest BCUT2D eigenvalue weighted by Gasteiger charge is -2.26. The molecule has 0 amide bonds. The first-order chi connectivity index (χ1) is 11.6. The van der Waals surface area contributed by atoms with Crippen LogP contribution in [0.2, 0.25) is 0 Å². The van der Waals surface area contributed by atoms with Crippen molar-refractivity contribution in [2.75, 3.05) is 20.5 Å². The standard InChI is InChI=1S/C17H14O7/c1-21-16-9(2-3-12-17(16)24-7-23-12)10-6-22-13-5-8(18)4-11(19)14(13)15(10)20/h2-5,10,18-19H,6-7H2,1H3. The van der Waals surface area contributed by atoms with Gasteiger partial charge in [0.25, 0.3) is 0 Å². The third kappa shape index (κ3) is 2.01. The maximum Gasteiger partial charge on any atom is 0.231 e. The monoisotopic (exact) mass is 330 g/mol. The first kappa shape index (κ1) is 14.5. The Balaban J connectivity index is 1.81. The highest BCUT2D eigenvalue weighted by Gasteiger charge is 2.36. The van der Waals surface area contributed by atoms with E-state index in [1.807, 2.05) is 0 Å². The number of carbonyl (C=O) groups is 1. The summed E-state index contributed by atoms with van der Waals surface area (Å²) in [6.07, 6.45) is 0. The van der Waals surface area contributed by atoms with Gasteiger partial charge < -0.3 is 29.2 Å². The molecule has 1 unspecified atom stereocenters. The van der Waals surface area contributed by atoms with Crippen LogP contribution in [0.15, 0.2) is 24.3 Å². The van der Waals surface area contributed by atoms with Crippen LogP contribution in [0.4, 0.5) is 0 Å². The molecule has 0 aliphatic carbocycles.